The summed E-state index contributed by atoms with van der Waals surface area (Å²) in [7, 11) is 0. The lowest BCUT2D eigenvalue weighted by molar-refractivity contribution is -0.137. The van der Waals surface area contributed by atoms with Crippen molar-refractivity contribution in [3.8, 4) is 22.4 Å². The van der Waals surface area contributed by atoms with Crippen LogP contribution in [0.1, 0.15) is 12.5 Å². The second-order valence-corrected chi connectivity index (χ2v) is 7.78. The lowest BCUT2D eigenvalue weighted by Crippen LogP contribution is -2.26. The SMILES string of the molecule is CC(Nc1c(C=N)c(-c2ccc(-c3ccc(Cl)cc3)cc2)nc2ccc(F)cc12)C(=O)O. The number of aliphatic carboxylic acids is 1. The first-order valence-corrected chi connectivity index (χ1v) is 10.2. The van der Waals surface area contributed by atoms with Crippen LogP contribution in [0, 0.1) is 11.2 Å². The van der Waals surface area contributed by atoms with E-state index in [-0.39, 0.29) is 0 Å². The van der Waals surface area contributed by atoms with Gasteiger partial charge in [0.15, 0.2) is 0 Å². The third-order valence-electron chi connectivity index (χ3n) is 5.20. The Morgan fingerprint density at radius 1 is 1.06 bits per heavy atom. The van der Waals surface area contributed by atoms with Gasteiger partial charge in [-0.2, -0.15) is 0 Å². The zero-order valence-electron chi connectivity index (χ0n) is 17.1. The Morgan fingerprint density at radius 2 is 1.66 bits per heavy atom. The lowest BCUT2D eigenvalue weighted by Gasteiger charge is -2.18. The number of halogens is 2. The molecule has 0 saturated carbocycles. The topological polar surface area (TPSA) is 86.1 Å². The third-order valence-corrected chi connectivity index (χ3v) is 5.45. The van der Waals surface area contributed by atoms with Gasteiger partial charge in [0.05, 0.1) is 16.9 Å². The maximum atomic E-state index is 14.0. The number of hydrogen-bond donors (Lipinski definition) is 3. The van der Waals surface area contributed by atoms with Gasteiger partial charge in [0.1, 0.15) is 11.9 Å². The van der Waals surface area contributed by atoms with Gasteiger partial charge in [0.25, 0.3) is 0 Å². The Kier molecular flexibility index (Phi) is 5.88. The molecule has 1 heterocycles. The van der Waals surface area contributed by atoms with Crippen LogP contribution >= 0.6 is 11.6 Å². The molecule has 0 amide bonds. The minimum Gasteiger partial charge on any atom is -0.480 e. The maximum absolute atomic E-state index is 14.0. The standard InChI is InChI=1S/C25H19ClFN3O2/c1-14(25(31)32)29-24-20-12-19(27)10-11-22(20)30-23(21(24)13-28)17-4-2-15(3-5-17)16-6-8-18(26)9-7-16/h2-14,28H,1H3,(H,29,30)(H,31,32). The molecular weight excluding hydrogens is 429 g/mol. The van der Waals surface area contributed by atoms with E-state index in [1.54, 1.807) is 6.07 Å². The van der Waals surface area contributed by atoms with Crippen LogP contribution in [0.3, 0.4) is 0 Å². The number of rotatable bonds is 6. The summed E-state index contributed by atoms with van der Waals surface area (Å²) in [4.78, 5) is 16.1. The fourth-order valence-electron chi connectivity index (χ4n) is 3.51. The van der Waals surface area contributed by atoms with Crippen molar-refractivity contribution in [1.29, 1.82) is 5.41 Å². The summed E-state index contributed by atoms with van der Waals surface area (Å²) in [5, 5.41) is 21.3. The number of hydrogen-bond acceptors (Lipinski definition) is 4. The average molecular weight is 448 g/mol. The molecule has 7 heteroatoms. The summed E-state index contributed by atoms with van der Waals surface area (Å²) in [6.45, 7) is 1.49. The number of carboxylic acid groups (broad SMARTS) is 1. The smallest absolute Gasteiger partial charge is 0.325 e. The molecule has 0 spiro atoms. The van der Waals surface area contributed by atoms with Gasteiger partial charge < -0.3 is 15.8 Å². The Hall–Kier alpha value is -3.77. The van der Waals surface area contributed by atoms with Gasteiger partial charge in [-0.15, -0.1) is 0 Å². The zero-order valence-corrected chi connectivity index (χ0v) is 17.8. The highest BCUT2D eigenvalue weighted by Gasteiger charge is 2.19. The molecule has 0 bridgehead atoms. The molecule has 0 radical (unpaired) electrons. The number of nitrogens with one attached hydrogen (secondary N) is 2. The van der Waals surface area contributed by atoms with Crippen molar-refractivity contribution in [3.05, 3.63) is 83.1 Å². The first-order valence-electron chi connectivity index (χ1n) is 9.87. The van der Waals surface area contributed by atoms with Crippen molar-refractivity contribution >= 4 is 40.4 Å². The van der Waals surface area contributed by atoms with Crippen LogP contribution in [0.15, 0.2) is 66.7 Å². The number of fused-ring (bicyclic) bond motifs is 1. The fraction of sp³-hybridized carbons (Fsp3) is 0.0800. The van der Waals surface area contributed by atoms with Crippen molar-refractivity contribution in [2.24, 2.45) is 0 Å². The lowest BCUT2D eigenvalue weighted by atomic mass is 9.98. The van der Waals surface area contributed by atoms with Crippen LogP contribution < -0.4 is 5.32 Å². The van der Waals surface area contributed by atoms with E-state index in [2.05, 4.69) is 10.3 Å². The van der Waals surface area contributed by atoms with E-state index < -0.39 is 17.8 Å². The number of carbonyl (C=O) groups is 1. The van der Waals surface area contributed by atoms with E-state index in [0.29, 0.717) is 32.9 Å². The Morgan fingerprint density at radius 3 is 2.25 bits per heavy atom. The van der Waals surface area contributed by atoms with E-state index in [1.807, 2.05) is 48.5 Å². The second kappa shape index (κ2) is 8.77. The van der Waals surface area contributed by atoms with Crippen LogP contribution in [-0.2, 0) is 4.79 Å². The minimum atomic E-state index is -1.06. The summed E-state index contributed by atoms with van der Waals surface area (Å²) in [5.74, 6) is -1.53. The van der Waals surface area contributed by atoms with Crippen molar-refractivity contribution in [3.63, 3.8) is 0 Å². The normalized spacial score (nSPS) is 11.8. The average Bonchev–Trinajstić information content (AvgIpc) is 2.79. The maximum Gasteiger partial charge on any atom is 0.325 e. The van der Waals surface area contributed by atoms with Crippen molar-refractivity contribution < 1.29 is 14.3 Å². The Labute approximate surface area is 189 Å². The molecule has 0 saturated heterocycles. The van der Waals surface area contributed by atoms with Gasteiger partial charge in [-0.05, 0) is 48.4 Å². The van der Waals surface area contributed by atoms with Crippen LogP contribution in [0.5, 0.6) is 0 Å². The first-order chi connectivity index (χ1) is 15.4. The van der Waals surface area contributed by atoms with E-state index >= 15 is 0 Å². The predicted molar refractivity (Wildman–Crippen MR) is 126 cm³/mol. The van der Waals surface area contributed by atoms with Crippen molar-refractivity contribution in [2.75, 3.05) is 5.32 Å². The number of anilines is 1. The van der Waals surface area contributed by atoms with Crippen molar-refractivity contribution in [2.45, 2.75) is 13.0 Å². The number of aromatic nitrogens is 1. The summed E-state index contributed by atoms with van der Waals surface area (Å²) >= 11 is 5.97. The van der Waals surface area contributed by atoms with Crippen LogP contribution in [0.25, 0.3) is 33.3 Å². The summed E-state index contributed by atoms with van der Waals surface area (Å²) in [5.41, 5.74) is 4.48. The fourth-order valence-corrected chi connectivity index (χ4v) is 3.63. The molecule has 0 fully saturated rings. The zero-order chi connectivity index (χ0) is 22.8. The highest BCUT2D eigenvalue weighted by atomic mass is 35.5. The third kappa shape index (κ3) is 4.18. The van der Waals surface area contributed by atoms with Gasteiger partial charge in [0, 0.05) is 27.8 Å². The highest BCUT2D eigenvalue weighted by Crippen LogP contribution is 2.35. The molecule has 160 valence electrons. The molecule has 4 aromatic rings. The van der Waals surface area contributed by atoms with Gasteiger partial charge in [0.2, 0.25) is 0 Å². The van der Waals surface area contributed by atoms with E-state index in [4.69, 9.17) is 17.0 Å². The molecule has 0 aliphatic carbocycles. The molecule has 0 aliphatic rings. The van der Waals surface area contributed by atoms with Gasteiger partial charge in [-0.1, -0.05) is 48.0 Å². The largest absolute Gasteiger partial charge is 0.480 e. The molecule has 0 aliphatic heterocycles. The molecule has 32 heavy (non-hydrogen) atoms. The molecule has 5 nitrogen and oxygen atoms in total. The van der Waals surface area contributed by atoms with Gasteiger partial charge in [-0.25, -0.2) is 9.37 Å². The monoisotopic (exact) mass is 447 g/mol. The number of pyridine rings is 1. The van der Waals surface area contributed by atoms with E-state index in [0.717, 1.165) is 22.9 Å². The van der Waals surface area contributed by atoms with Crippen LogP contribution in [-0.4, -0.2) is 28.3 Å². The number of benzene rings is 3. The van der Waals surface area contributed by atoms with Gasteiger partial charge in [-0.3, -0.25) is 4.79 Å². The van der Waals surface area contributed by atoms with Crippen molar-refractivity contribution in [1.82, 2.24) is 4.98 Å². The molecule has 3 aromatic carbocycles. The molecule has 1 atom stereocenters. The molecule has 1 aromatic heterocycles. The van der Waals surface area contributed by atoms with E-state index in [1.165, 1.54) is 19.1 Å². The minimum absolute atomic E-state index is 0.358. The highest BCUT2D eigenvalue weighted by molar-refractivity contribution is 6.30. The van der Waals surface area contributed by atoms with Crippen LogP contribution in [0.4, 0.5) is 10.1 Å². The molecular formula is C25H19ClFN3O2. The van der Waals surface area contributed by atoms with E-state index in [9.17, 15) is 14.3 Å². The van der Waals surface area contributed by atoms with Crippen LogP contribution in [0.2, 0.25) is 5.02 Å². The Balaban J connectivity index is 1.86. The molecule has 1 unspecified atom stereocenters. The summed E-state index contributed by atoms with van der Waals surface area (Å²) < 4.78 is 14.0. The molecule has 4 rings (SSSR count). The second-order valence-electron chi connectivity index (χ2n) is 7.34. The van der Waals surface area contributed by atoms with Gasteiger partial charge >= 0.3 is 5.97 Å². The first kappa shape index (κ1) is 21.5. The molecule has 3 N–H and O–H groups in total. The summed E-state index contributed by atoms with van der Waals surface area (Å²) in [6.07, 6.45) is 1.11. The number of carboxylic acids is 1. The predicted octanol–water partition coefficient (Wildman–Crippen LogP) is 6.24. The quantitative estimate of drug-likeness (QED) is 0.305. The number of nitrogens with zero attached hydrogens (tertiary/aromatic N) is 1. The summed E-state index contributed by atoms with van der Waals surface area (Å²) in [6, 6.07) is 18.4. The Bertz CT molecular complexity index is 1320.